The topological polar surface area (TPSA) is 57.4 Å². The summed E-state index contributed by atoms with van der Waals surface area (Å²) < 4.78 is 45.8. The Balaban J connectivity index is 2.18. The summed E-state index contributed by atoms with van der Waals surface area (Å²) in [4.78, 5) is 4.05. The summed E-state index contributed by atoms with van der Waals surface area (Å²) in [6.45, 7) is -1.35. The zero-order chi connectivity index (χ0) is 15.5. The summed E-state index contributed by atoms with van der Waals surface area (Å²) in [6, 6.07) is 7.80. The number of pyridine rings is 1. The third kappa shape index (κ3) is 4.01. The Hall–Kier alpha value is -2.44. The molecule has 21 heavy (non-hydrogen) atoms. The zero-order valence-corrected chi connectivity index (χ0v) is 11.1. The van der Waals surface area contributed by atoms with E-state index in [4.69, 9.17) is 10.5 Å². The molecule has 0 radical (unpaired) electrons. The molecule has 0 unspecified atom stereocenters. The van der Waals surface area contributed by atoms with Gasteiger partial charge >= 0.3 is 6.18 Å². The van der Waals surface area contributed by atoms with Gasteiger partial charge in [0.25, 0.3) is 0 Å². The first-order valence-electron chi connectivity index (χ1n) is 5.98. The molecule has 0 atom stereocenters. The Kier molecular flexibility index (Phi) is 4.21. The van der Waals surface area contributed by atoms with Crippen molar-refractivity contribution in [1.29, 1.82) is 0 Å². The molecule has 1 aromatic carbocycles. The van der Waals surface area contributed by atoms with Gasteiger partial charge in [0.1, 0.15) is 5.75 Å². The summed E-state index contributed by atoms with van der Waals surface area (Å²) in [7, 11) is 1.50. The van der Waals surface area contributed by atoms with E-state index in [1.165, 1.54) is 19.2 Å². The molecule has 7 heteroatoms. The van der Waals surface area contributed by atoms with Gasteiger partial charge in [0.05, 0.1) is 7.11 Å². The molecule has 0 bridgehead atoms. The fourth-order valence-electron chi connectivity index (χ4n) is 1.72. The van der Waals surface area contributed by atoms with Crippen LogP contribution >= 0.6 is 0 Å². The molecule has 0 aliphatic heterocycles. The second-order valence-corrected chi connectivity index (χ2v) is 4.24. The van der Waals surface area contributed by atoms with Gasteiger partial charge in [-0.15, -0.1) is 0 Å². The Morgan fingerprint density at radius 2 is 1.95 bits per heavy atom. The molecule has 0 aliphatic rings. The lowest BCUT2D eigenvalue weighted by Gasteiger charge is -2.11. The van der Waals surface area contributed by atoms with E-state index in [1.807, 2.05) is 0 Å². The van der Waals surface area contributed by atoms with Gasteiger partial charge in [-0.05, 0) is 18.2 Å². The standard InChI is InChI=1S/C14H13F3N2O2/c1-20-13-5-2-9(7-19-13)11-4-3-10(6-12(11)18)21-8-14(15,16)17/h2-7H,8,18H2,1H3. The van der Waals surface area contributed by atoms with Gasteiger partial charge in [0.15, 0.2) is 6.61 Å². The number of hydrogen-bond donors (Lipinski definition) is 1. The number of alkyl halides is 3. The van der Waals surface area contributed by atoms with Crippen LogP contribution in [-0.4, -0.2) is 24.9 Å². The number of aromatic nitrogens is 1. The van der Waals surface area contributed by atoms with Crippen LogP contribution in [0.1, 0.15) is 0 Å². The number of nitrogen functional groups attached to an aromatic ring is 1. The maximum atomic E-state index is 12.1. The van der Waals surface area contributed by atoms with E-state index in [9.17, 15) is 13.2 Å². The van der Waals surface area contributed by atoms with E-state index in [0.29, 0.717) is 17.1 Å². The van der Waals surface area contributed by atoms with E-state index in [2.05, 4.69) is 9.72 Å². The van der Waals surface area contributed by atoms with Crippen LogP contribution < -0.4 is 15.2 Å². The summed E-state index contributed by atoms with van der Waals surface area (Å²) in [6.07, 6.45) is -2.81. The monoisotopic (exact) mass is 298 g/mol. The smallest absolute Gasteiger partial charge is 0.422 e. The largest absolute Gasteiger partial charge is 0.484 e. The highest BCUT2D eigenvalue weighted by molar-refractivity contribution is 5.77. The number of rotatable bonds is 4. The molecule has 0 amide bonds. The molecule has 0 saturated heterocycles. The van der Waals surface area contributed by atoms with Crippen molar-refractivity contribution in [2.45, 2.75) is 6.18 Å². The lowest BCUT2D eigenvalue weighted by molar-refractivity contribution is -0.153. The first-order chi connectivity index (χ1) is 9.89. The highest BCUT2D eigenvalue weighted by Gasteiger charge is 2.28. The fraction of sp³-hybridized carbons (Fsp3) is 0.214. The average Bonchev–Trinajstić information content (AvgIpc) is 2.45. The zero-order valence-electron chi connectivity index (χ0n) is 11.1. The van der Waals surface area contributed by atoms with Crippen molar-refractivity contribution in [3.63, 3.8) is 0 Å². The van der Waals surface area contributed by atoms with Crippen molar-refractivity contribution in [2.75, 3.05) is 19.5 Å². The quantitative estimate of drug-likeness (QED) is 0.880. The Bertz CT molecular complexity index is 613. The molecule has 2 rings (SSSR count). The molecule has 0 saturated carbocycles. The van der Waals surface area contributed by atoms with Crippen LogP contribution in [0.3, 0.4) is 0 Å². The molecular weight excluding hydrogens is 285 g/mol. The molecule has 2 N–H and O–H groups in total. The van der Waals surface area contributed by atoms with Gasteiger partial charge < -0.3 is 15.2 Å². The Morgan fingerprint density at radius 1 is 1.19 bits per heavy atom. The average molecular weight is 298 g/mol. The lowest BCUT2D eigenvalue weighted by Crippen LogP contribution is -2.19. The molecule has 0 fully saturated rings. The van der Waals surface area contributed by atoms with Crippen molar-refractivity contribution in [3.05, 3.63) is 36.5 Å². The Morgan fingerprint density at radius 3 is 2.48 bits per heavy atom. The van der Waals surface area contributed by atoms with Crippen molar-refractivity contribution < 1.29 is 22.6 Å². The van der Waals surface area contributed by atoms with E-state index in [1.54, 1.807) is 24.4 Å². The maximum Gasteiger partial charge on any atom is 0.422 e. The molecule has 2 aromatic rings. The number of nitrogens with two attached hydrogens (primary N) is 1. The van der Waals surface area contributed by atoms with E-state index in [0.717, 1.165) is 5.56 Å². The molecule has 0 spiro atoms. The van der Waals surface area contributed by atoms with Crippen molar-refractivity contribution in [1.82, 2.24) is 4.98 Å². The second-order valence-electron chi connectivity index (χ2n) is 4.24. The van der Waals surface area contributed by atoms with Crippen molar-refractivity contribution in [2.24, 2.45) is 0 Å². The Labute approximate surface area is 119 Å². The molecule has 112 valence electrons. The van der Waals surface area contributed by atoms with Crippen LogP contribution in [-0.2, 0) is 0 Å². The fourth-order valence-corrected chi connectivity index (χ4v) is 1.72. The number of benzene rings is 1. The van der Waals surface area contributed by atoms with Gasteiger partial charge in [-0.3, -0.25) is 0 Å². The van der Waals surface area contributed by atoms with Crippen LogP contribution in [0.25, 0.3) is 11.1 Å². The highest BCUT2D eigenvalue weighted by atomic mass is 19.4. The van der Waals surface area contributed by atoms with Crippen LogP contribution in [0.15, 0.2) is 36.5 Å². The number of nitrogens with zero attached hydrogens (tertiary/aromatic N) is 1. The normalized spacial score (nSPS) is 11.2. The van der Waals surface area contributed by atoms with Gasteiger partial charge in [0, 0.05) is 35.1 Å². The van der Waals surface area contributed by atoms with Crippen LogP contribution in [0.2, 0.25) is 0 Å². The minimum absolute atomic E-state index is 0.0649. The number of halogens is 3. The van der Waals surface area contributed by atoms with Crippen LogP contribution in [0, 0.1) is 0 Å². The summed E-state index contributed by atoms with van der Waals surface area (Å²) >= 11 is 0. The van der Waals surface area contributed by atoms with E-state index in [-0.39, 0.29) is 5.75 Å². The maximum absolute atomic E-state index is 12.1. The third-order valence-electron chi connectivity index (χ3n) is 2.68. The minimum Gasteiger partial charge on any atom is -0.484 e. The number of ether oxygens (including phenoxy) is 2. The first kappa shape index (κ1) is 15.0. The predicted molar refractivity (Wildman–Crippen MR) is 72.2 cm³/mol. The summed E-state index contributed by atoms with van der Waals surface area (Å²) in [5.74, 6) is 0.525. The number of hydrogen-bond acceptors (Lipinski definition) is 4. The van der Waals surface area contributed by atoms with Gasteiger partial charge in [-0.1, -0.05) is 0 Å². The SMILES string of the molecule is COc1ccc(-c2ccc(OCC(F)(F)F)cc2N)cn1. The number of methoxy groups -OCH3 is 1. The number of anilines is 1. The summed E-state index contributed by atoms with van der Waals surface area (Å²) in [5, 5.41) is 0. The minimum atomic E-state index is -4.38. The molecular formula is C14H13F3N2O2. The van der Waals surface area contributed by atoms with Crippen molar-refractivity contribution in [3.8, 4) is 22.8 Å². The molecule has 0 aliphatic carbocycles. The summed E-state index contributed by atoms with van der Waals surface area (Å²) in [5.41, 5.74) is 7.54. The predicted octanol–water partition coefficient (Wildman–Crippen LogP) is 3.28. The molecule has 1 aromatic heterocycles. The third-order valence-corrected chi connectivity index (χ3v) is 2.68. The lowest BCUT2D eigenvalue weighted by atomic mass is 10.1. The van der Waals surface area contributed by atoms with Crippen LogP contribution in [0.4, 0.5) is 18.9 Å². The van der Waals surface area contributed by atoms with Gasteiger partial charge in [0.2, 0.25) is 5.88 Å². The van der Waals surface area contributed by atoms with Gasteiger partial charge in [-0.2, -0.15) is 13.2 Å². The first-order valence-corrected chi connectivity index (χ1v) is 5.98. The van der Waals surface area contributed by atoms with E-state index < -0.39 is 12.8 Å². The van der Waals surface area contributed by atoms with E-state index >= 15 is 0 Å². The molecule has 1 heterocycles. The van der Waals surface area contributed by atoms with Crippen LogP contribution in [0.5, 0.6) is 11.6 Å². The van der Waals surface area contributed by atoms with Crippen molar-refractivity contribution >= 4 is 5.69 Å². The second kappa shape index (κ2) is 5.90. The van der Waals surface area contributed by atoms with Gasteiger partial charge in [-0.25, -0.2) is 4.98 Å². The highest BCUT2D eigenvalue weighted by Crippen LogP contribution is 2.30. The molecule has 4 nitrogen and oxygen atoms in total.